The van der Waals surface area contributed by atoms with Gasteiger partial charge in [0.05, 0.1) is 0 Å². The molecule has 0 radical (unpaired) electrons. The fourth-order valence-corrected chi connectivity index (χ4v) is 2.57. The molecule has 1 unspecified atom stereocenters. The lowest BCUT2D eigenvalue weighted by molar-refractivity contribution is -0.132. The molecule has 1 fully saturated rings. The lowest BCUT2D eigenvalue weighted by Crippen LogP contribution is -2.53. The van der Waals surface area contributed by atoms with Gasteiger partial charge in [-0.2, -0.15) is 0 Å². The van der Waals surface area contributed by atoms with Crippen LogP contribution in [0.1, 0.15) is 0 Å². The number of rotatable bonds is 2. The third-order valence-electron chi connectivity index (χ3n) is 3.67. The predicted molar refractivity (Wildman–Crippen MR) is 88.5 cm³/mol. The number of anilines is 1. The Bertz CT molecular complexity index is 475. The van der Waals surface area contributed by atoms with Gasteiger partial charge in [0.25, 0.3) is 0 Å². The van der Waals surface area contributed by atoms with E-state index in [1.807, 2.05) is 29.2 Å². The van der Waals surface area contributed by atoms with Gasteiger partial charge in [-0.25, -0.2) is 0 Å². The van der Waals surface area contributed by atoms with Crippen LogP contribution in [0.15, 0.2) is 36.7 Å². The second-order valence-electron chi connectivity index (χ2n) is 4.83. The smallest absolute Gasteiger partial charge is 0.243 e. The molecule has 5 nitrogen and oxygen atoms in total. The van der Waals surface area contributed by atoms with Gasteiger partial charge in [0.15, 0.2) is 0 Å². The molecule has 7 heteroatoms. The number of nitrogens with one attached hydrogen (secondary N) is 1. The van der Waals surface area contributed by atoms with E-state index in [1.54, 1.807) is 12.4 Å². The summed E-state index contributed by atoms with van der Waals surface area (Å²) in [5.41, 5.74) is 1.18. The van der Waals surface area contributed by atoms with Crippen LogP contribution in [0.4, 0.5) is 5.69 Å². The van der Waals surface area contributed by atoms with E-state index in [2.05, 4.69) is 15.2 Å². The van der Waals surface area contributed by atoms with E-state index < -0.39 is 0 Å². The van der Waals surface area contributed by atoms with Gasteiger partial charge < -0.3 is 9.80 Å². The van der Waals surface area contributed by atoms with E-state index in [0.717, 1.165) is 32.7 Å². The Morgan fingerprint density at radius 1 is 1.14 bits per heavy atom. The molecule has 1 aromatic rings. The molecule has 0 aliphatic carbocycles. The zero-order chi connectivity index (χ0) is 13.1. The van der Waals surface area contributed by atoms with Crippen molar-refractivity contribution in [2.24, 2.45) is 0 Å². The number of halogens is 2. The van der Waals surface area contributed by atoms with Crippen molar-refractivity contribution in [3.05, 3.63) is 36.7 Å². The van der Waals surface area contributed by atoms with Gasteiger partial charge in [0, 0.05) is 50.8 Å². The average Bonchev–Trinajstić information content (AvgIpc) is 3.02. The Kier molecular flexibility index (Phi) is 6.95. The van der Waals surface area contributed by atoms with Gasteiger partial charge in [-0.3, -0.25) is 15.1 Å². The number of nitrogens with zero attached hydrogens (tertiary/aromatic N) is 3. The molecule has 2 aliphatic rings. The topological polar surface area (TPSA) is 48.5 Å². The van der Waals surface area contributed by atoms with Crippen molar-refractivity contribution in [2.75, 3.05) is 37.6 Å². The average molecular weight is 331 g/mol. The van der Waals surface area contributed by atoms with E-state index in [-0.39, 0.29) is 36.8 Å². The molecular weight excluding hydrogens is 311 g/mol. The van der Waals surface area contributed by atoms with Crippen LogP contribution in [0.3, 0.4) is 0 Å². The first-order valence-electron chi connectivity index (χ1n) is 6.68. The second kappa shape index (κ2) is 8.22. The number of carbonyl (C=O) groups is 1. The number of amides is 1. The van der Waals surface area contributed by atoms with E-state index in [9.17, 15) is 4.79 Å². The zero-order valence-corrected chi connectivity index (χ0v) is 13.3. The van der Waals surface area contributed by atoms with Crippen LogP contribution in [0.5, 0.6) is 0 Å². The highest BCUT2D eigenvalue weighted by molar-refractivity contribution is 5.85. The lowest BCUT2D eigenvalue weighted by atomic mass is 10.2. The van der Waals surface area contributed by atoms with Crippen molar-refractivity contribution in [2.45, 2.75) is 6.04 Å². The minimum absolute atomic E-state index is 0. The van der Waals surface area contributed by atoms with Crippen molar-refractivity contribution < 1.29 is 4.79 Å². The minimum atomic E-state index is -0.118. The maximum absolute atomic E-state index is 12.2. The summed E-state index contributed by atoms with van der Waals surface area (Å²) in [6.45, 7) is 4.13. The minimum Gasteiger partial charge on any atom is -0.368 e. The summed E-state index contributed by atoms with van der Waals surface area (Å²) in [4.78, 5) is 20.5. The molecule has 0 aromatic carbocycles. The van der Waals surface area contributed by atoms with Gasteiger partial charge in [-0.1, -0.05) is 12.2 Å². The molecule has 3 rings (SSSR count). The van der Waals surface area contributed by atoms with Gasteiger partial charge in [0.2, 0.25) is 5.91 Å². The maximum atomic E-state index is 12.2. The summed E-state index contributed by atoms with van der Waals surface area (Å²) in [7, 11) is 0. The number of pyridine rings is 1. The third kappa shape index (κ3) is 4.09. The van der Waals surface area contributed by atoms with Crippen molar-refractivity contribution in [3.8, 4) is 0 Å². The Labute approximate surface area is 137 Å². The molecule has 3 heterocycles. The largest absolute Gasteiger partial charge is 0.368 e. The summed E-state index contributed by atoms with van der Waals surface area (Å²) in [5, 5.41) is 3.17. The quantitative estimate of drug-likeness (QED) is 0.825. The molecule has 2 aliphatic heterocycles. The van der Waals surface area contributed by atoms with Crippen LogP contribution in [-0.2, 0) is 4.79 Å². The van der Waals surface area contributed by atoms with Crippen LogP contribution < -0.4 is 10.2 Å². The molecule has 1 aromatic heterocycles. The molecule has 0 spiro atoms. The van der Waals surface area contributed by atoms with Crippen molar-refractivity contribution in [1.29, 1.82) is 0 Å². The Morgan fingerprint density at radius 3 is 2.38 bits per heavy atom. The van der Waals surface area contributed by atoms with E-state index >= 15 is 0 Å². The monoisotopic (exact) mass is 330 g/mol. The highest BCUT2D eigenvalue weighted by atomic mass is 35.5. The normalized spacial score (nSPS) is 20.7. The summed E-state index contributed by atoms with van der Waals surface area (Å²) in [6.07, 6.45) is 7.58. The first-order valence-corrected chi connectivity index (χ1v) is 6.68. The van der Waals surface area contributed by atoms with Crippen LogP contribution in [-0.4, -0.2) is 54.6 Å². The molecular formula is C14H20Cl2N4O. The number of hydrogen-bond donors (Lipinski definition) is 1. The Morgan fingerprint density at radius 2 is 1.81 bits per heavy atom. The summed E-state index contributed by atoms with van der Waals surface area (Å²) in [6, 6.07) is 3.91. The Balaban J connectivity index is 0.00000110. The van der Waals surface area contributed by atoms with Crippen LogP contribution in [0.25, 0.3) is 0 Å². The lowest BCUT2D eigenvalue weighted by Gasteiger charge is -2.37. The number of piperazine rings is 1. The SMILES string of the molecule is Cl.Cl.O=C(C1C=CCN1)N1CCN(c2ccncc2)CC1. The summed E-state index contributed by atoms with van der Waals surface area (Å²) < 4.78 is 0. The second-order valence-corrected chi connectivity index (χ2v) is 4.83. The molecule has 0 bridgehead atoms. The molecule has 0 saturated carbocycles. The highest BCUT2D eigenvalue weighted by Gasteiger charge is 2.26. The first-order chi connectivity index (χ1) is 9.34. The van der Waals surface area contributed by atoms with Gasteiger partial charge >= 0.3 is 0 Å². The third-order valence-corrected chi connectivity index (χ3v) is 3.67. The molecule has 1 atom stereocenters. The van der Waals surface area contributed by atoms with E-state index in [4.69, 9.17) is 0 Å². The number of hydrogen-bond acceptors (Lipinski definition) is 4. The molecule has 1 N–H and O–H groups in total. The molecule has 116 valence electrons. The van der Waals surface area contributed by atoms with Gasteiger partial charge in [-0.05, 0) is 12.1 Å². The molecule has 21 heavy (non-hydrogen) atoms. The van der Waals surface area contributed by atoms with Crippen molar-refractivity contribution >= 4 is 36.4 Å². The van der Waals surface area contributed by atoms with Gasteiger partial charge in [0.1, 0.15) is 6.04 Å². The first kappa shape index (κ1) is 17.8. The molecule has 1 amide bonds. The molecule has 1 saturated heterocycles. The summed E-state index contributed by atoms with van der Waals surface area (Å²) >= 11 is 0. The highest BCUT2D eigenvalue weighted by Crippen LogP contribution is 2.15. The predicted octanol–water partition coefficient (Wildman–Crippen LogP) is 1.10. The number of carbonyl (C=O) groups excluding carboxylic acids is 1. The Hall–Kier alpha value is -1.30. The standard InChI is InChI=1S/C14H18N4O.2ClH/c19-14(13-2-1-5-16-13)18-10-8-17(9-11-18)12-3-6-15-7-4-12;;/h1-4,6-7,13,16H,5,8-11H2;2*1H. The zero-order valence-electron chi connectivity index (χ0n) is 11.6. The van der Waals surface area contributed by atoms with E-state index in [1.165, 1.54) is 5.69 Å². The fraction of sp³-hybridized carbons (Fsp3) is 0.429. The van der Waals surface area contributed by atoms with Crippen molar-refractivity contribution in [1.82, 2.24) is 15.2 Å². The van der Waals surface area contributed by atoms with Crippen LogP contribution in [0.2, 0.25) is 0 Å². The van der Waals surface area contributed by atoms with E-state index in [0.29, 0.717) is 0 Å². The van der Waals surface area contributed by atoms with Crippen LogP contribution >= 0.6 is 24.8 Å². The summed E-state index contributed by atoms with van der Waals surface area (Å²) in [5.74, 6) is 0.197. The maximum Gasteiger partial charge on any atom is 0.243 e. The van der Waals surface area contributed by atoms with Crippen molar-refractivity contribution in [3.63, 3.8) is 0 Å². The van der Waals surface area contributed by atoms with Crippen LogP contribution in [0, 0.1) is 0 Å². The number of aromatic nitrogens is 1. The van der Waals surface area contributed by atoms with Gasteiger partial charge in [-0.15, -0.1) is 24.8 Å². The fourth-order valence-electron chi connectivity index (χ4n) is 2.57.